The first-order valence-electron chi connectivity index (χ1n) is 8.43. The molecule has 0 saturated carbocycles. The van der Waals surface area contributed by atoms with Crippen LogP contribution in [0.15, 0.2) is 41.3 Å². The summed E-state index contributed by atoms with van der Waals surface area (Å²) in [6.45, 7) is 1.29. The second kappa shape index (κ2) is 8.44. The van der Waals surface area contributed by atoms with Gasteiger partial charge in [-0.15, -0.1) is 0 Å². The number of imide groups is 1. The van der Waals surface area contributed by atoms with Crippen molar-refractivity contribution in [3.8, 4) is 5.75 Å². The minimum Gasteiger partial charge on any atom is -0.496 e. The molecule has 1 aliphatic heterocycles. The van der Waals surface area contributed by atoms with Gasteiger partial charge in [0.2, 0.25) is 5.91 Å². The number of halogens is 2. The van der Waals surface area contributed by atoms with E-state index in [0.717, 1.165) is 22.6 Å². The molecule has 2 aromatic rings. The van der Waals surface area contributed by atoms with Crippen LogP contribution in [0, 0.1) is 18.6 Å². The molecule has 2 aromatic carbocycles. The molecule has 0 aliphatic carbocycles. The third-order valence-corrected chi connectivity index (χ3v) is 5.02. The second-order valence-corrected chi connectivity index (χ2v) is 7.16. The predicted octanol–water partition coefficient (Wildman–Crippen LogP) is 3.96. The number of carbonyl (C=O) groups is 3. The Bertz CT molecular complexity index is 1040. The van der Waals surface area contributed by atoms with Crippen LogP contribution in [0.3, 0.4) is 0 Å². The summed E-state index contributed by atoms with van der Waals surface area (Å²) in [5.74, 6) is -2.52. The third kappa shape index (κ3) is 4.62. The first-order valence-corrected chi connectivity index (χ1v) is 9.25. The van der Waals surface area contributed by atoms with Gasteiger partial charge < -0.3 is 10.1 Å². The summed E-state index contributed by atoms with van der Waals surface area (Å²) in [5, 5.41) is 1.60. The van der Waals surface area contributed by atoms with E-state index in [-0.39, 0.29) is 10.6 Å². The molecular formula is C20H16F2N2O4S. The van der Waals surface area contributed by atoms with Crippen LogP contribution in [0.25, 0.3) is 6.08 Å². The molecule has 3 rings (SSSR count). The number of hydrogen-bond acceptors (Lipinski definition) is 5. The second-order valence-electron chi connectivity index (χ2n) is 6.17. The van der Waals surface area contributed by atoms with Crippen LogP contribution < -0.4 is 10.1 Å². The van der Waals surface area contributed by atoms with E-state index in [1.807, 2.05) is 13.0 Å². The molecule has 150 valence electrons. The van der Waals surface area contributed by atoms with Crippen molar-refractivity contribution < 1.29 is 27.9 Å². The number of anilines is 1. The third-order valence-electron chi connectivity index (χ3n) is 4.11. The lowest BCUT2D eigenvalue weighted by molar-refractivity contribution is -0.127. The Morgan fingerprint density at radius 2 is 1.97 bits per heavy atom. The van der Waals surface area contributed by atoms with Gasteiger partial charge in [-0.2, -0.15) is 0 Å². The molecular weight excluding hydrogens is 402 g/mol. The first-order chi connectivity index (χ1) is 13.8. The normalized spacial score (nSPS) is 15.2. The highest BCUT2D eigenvalue weighted by Crippen LogP contribution is 2.33. The topological polar surface area (TPSA) is 75.7 Å². The summed E-state index contributed by atoms with van der Waals surface area (Å²) in [6, 6.07) is 7.98. The molecule has 9 heteroatoms. The van der Waals surface area contributed by atoms with Crippen molar-refractivity contribution in [2.24, 2.45) is 0 Å². The number of hydrogen-bond donors (Lipinski definition) is 1. The summed E-state index contributed by atoms with van der Waals surface area (Å²) in [4.78, 5) is 37.7. The summed E-state index contributed by atoms with van der Waals surface area (Å²) in [6.07, 6.45) is 1.53. The predicted molar refractivity (Wildman–Crippen MR) is 105 cm³/mol. The molecule has 6 nitrogen and oxygen atoms in total. The SMILES string of the molecule is COc1cc(C=C2SC(=O)N(CC(=O)Nc3ccc(F)cc3F)C2=O)ccc1C. The largest absolute Gasteiger partial charge is 0.496 e. The molecule has 0 spiro atoms. The van der Waals surface area contributed by atoms with E-state index in [0.29, 0.717) is 29.1 Å². The Labute approximate surface area is 169 Å². The van der Waals surface area contributed by atoms with Gasteiger partial charge in [-0.25, -0.2) is 8.78 Å². The Balaban J connectivity index is 1.72. The number of amides is 3. The van der Waals surface area contributed by atoms with Crippen molar-refractivity contribution in [2.45, 2.75) is 6.92 Å². The fourth-order valence-electron chi connectivity index (χ4n) is 2.64. The van der Waals surface area contributed by atoms with Crippen molar-refractivity contribution in [3.05, 3.63) is 64.1 Å². The monoisotopic (exact) mass is 418 g/mol. The van der Waals surface area contributed by atoms with Crippen molar-refractivity contribution in [2.75, 3.05) is 19.0 Å². The van der Waals surface area contributed by atoms with Gasteiger partial charge in [0.15, 0.2) is 0 Å². The highest BCUT2D eigenvalue weighted by molar-refractivity contribution is 8.18. The van der Waals surface area contributed by atoms with E-state index in [9.17, 15) is 23.2 Å². The van der Waals surface area contributed by atoms with Crippen LogP contribution in [-0.4, -0.2) is 35.6 Å². The average molecular weight is 418 g/mol. The van der Waals surface area contributed by atoms with E-state index in [1.54, 1.807) is 12.1 Å². The molecule has 0 radical (unpaired) electrons. The number of carbonyl (C=O) groups excluding carboxylic acids is 3. The maximum Gasteiger partial charge on any atom is 0.294 e. The molecule has 0 aromatic heterocycles. The van der Waals surface area contributed by atoms with E-state index in [2.05, 4.69) is 5.32 Å². The first kappa shape index (κ1) is 20.5. The van der Waals surface area contributed by atoms with Crippen molar-refractivity contribution in [1.29, 1.82) is 0 Å². The summed E-state index contributed by atoms with van der Waals surface area (Å²) in [5.41, 5.74) is 1.34. The molecule has 1 saturated heterocycles. The van der Waals surface area contributed by atoms with Gasteiger partial charge in [-0.05, 0) is 54.1 Å². The number of benzene rings is 2. The molecule has 1 heterocycles. The van der Waals surface area contributed by atoms with Crippen LogP contribution in [-0.2, 0) is 9.59 Å². The van der Waals surface area contributed by atoms with Crippen molar-refractivity contribution >= 4 is 40.6 Å². The molecule has 29 heavy (non-hydrogen) atoms. The number of rotatable bonds is 5. The van der Waals surface area contributed by atoms with Gasteiger partial charge in [0.1, 0.15) is 23.9 Å². The molecule has 1 N–H and O–H groups in total. The molecule has 3 amide bonds. The van der Waals surface area contributed by atoms with Crippen molar-refractivity contribution in [1.82, 2.24) is 4.90 Å². The summed E-state index contributed by atoms with van der Waals surface area (Å²) < 4.78 is 31.8. The van der Waals surface area contributed by atoms with Crippen molar-refractivity contribution in [3.63, 3.8) is 0 Å². The van der Waals surface area contributed by atoms with Gasteiger partial charge in [0.05, 0.1) is 17.7 Å². The number of thioether (sulfide) groups is 1. The van der Waals surface area contributed by atoms with E-state index in [1.165, 1.54) is 13.2 Å². The number of nitrogens with one attached hydrogen (secondary N) is 1. The lowest BCUT2D eigenvalue weighted by Gasteiger charge is -2.12. The maximum absolute atomic E-state index is 13.6. The van der Waals surface area contributed by atoms with E-state index >= 15 is 0 Å². The Morgan fingerprint density at radius 3 is 2.66 bits per heavy atom. The quantitative estimate of drug-likeness (QED) is 0.744. The average Bonchev–Trinajstić information content (AvgIpc) is 2.93. The minimum absolute atomic E-state index is 0.154. The summed E-state index contributed by atoms with van der Waals surface area (Å²) >= 11 is 0.702. The van der Waals surface area contributed by atoms with Gasteiger partial charge in [-0.3, -0.25) is 19.3 Å². The van der Waals surface area contributed by atoms with Crippen LogP contribution >= 0.6 is 11.8 Å². The zero-order valence-electron chi connectivity index (χ0n) is 15.5. The lowest BCUT2D eigenvalue weighted by atomic mass is 10.1. The molecule has 1 aliphatic rings. The minimum atomic E-state index is -0.958. The zero-order valence-corrected chi connectivity index (χ0v) is 16.3. The fraction of sp³-hybridized carbons (Fsp3) is 0.150. The van der Waals surface area contributed by atoms with Gasteiger partial charge in [-0.1, -0.05) is 12.1 Å². The van der Waals surface area contributed by atoms with E-state index < -0.39 is 35.2 Å². The standard InChI is InChI=1S/C20H16F2N2O4S/c1-11-3-4-12(7-16(11)28-2)8-17-19(26)24(20(27)29-17)10-18(25)23-15-6-5-13(21)9-14(15)22/h3-9H,10H2,1-2H3,(H,23,25). The Hall–Kier alpha value is -3.20. The van der Waals surface area contributed by atoms with Gasteiger partial charge in [0, 0.05) is 6.07 Å². The smallest absolute Gasteiger partial charge is 0.294 e. The van der Waals surface area contributed by atoms with Crippen LogP contribution in [0.5, 0.6) is 5.75 Å². The van der Waals surface area contributed by atoms with Crippen LogP contribution in [0.4, 0.5) is 19.3 Å². The van der Waals surface area contributed by atoms with Crippen LogP contribution in [0.1, 0.15) is 11.1 Å². The number of aryl methyl sites for hydroxylation is 1. The molecule has 0 unspecified atom stereocenters. The number of ether oxygens (including phenoxy) is 1. The Morgan fingerprint density at radius 1 is 1.21 bits per heavy atom. The Kier molecular flexibility index (Phi) is 5.97. The van der Waals surface area contributed by atoms with E-state index in [4.69, 9.17) is 4.74 Å². The molecule has 0 atom stereocenters. The highest BCUT2D eigenvalue weighted by Gasteiger charge is 2.36. The zero-order chi connectivity index (χ0) is 21.1. The molecule has 0 bridgehead atoms. The fourth-order valence-corrected chi connectivity index (χ4v) is 3.48. The highest BCUT2D eigenvalue weighted by atomic mass is 32.2. The summed E-state index contributed by atoms with van der Waals surface area (Å²) in [7, 11) is 1.53. The van der Waals surface area contributed by atoms with Crippen LogP contribution in [0.2, 0.25) is 0 Å². The maximum atomic E-state index is 13.6. The van der Waals surface area contributed by atoms with Gasteiger partial charge >= 0.3 is 0 Å². The van der Waals surface area contributed by atoms with Gasteiger partial charge in [0.25, 0.3) is 11.1 Å². The number of nitrogens with zero attached hydrogens (tertiary/aromatic N) is 1. The lowest BCUT2D eigenvalue weighted by Crippen LogP contribution is -2.36. The molecule has 1 fully saturated rings. The number of methoxy groups -OCH3 is 1.